The van der Waals surface area contributed by atoms with Gasteiger partial charge in [0.15, 0.2) is 5.82 Å². The van der Waals surface area contributed by atoms with Gasteiger partial charge < -0.3 is 14.8 Å². The average Bonchev–Trinajstić information content (AvgIpc) is 3.49. The number of fused-ring (bicyclic) bond motifs is 1. The van der Waals surface area contributed by atoms with Crippen LogP contribution in [-0.4, -0.2) is 27.2 Å². The molecule has 10 heteroatoms. The van der Waals surface area contributed by atoms with Crippen LogP contribution in [0.2, 0.25) is 0 Å². The Morgan fingerprint density at radius 2 is 1.87 bits per heavy atom. The highest BCUT2D eigenvalue weighted by Gasteiger charge is 2.39. The summed E-state index contributed by atoms with van der Waals surface area (Å²) < 4.78 is 42.9. The maximum atomic E-state index is 13.7. The molecule has 5 rings (SSSR count). The lowest BCUT2D eigenvalue weighted by molar-refractivity contribution is -0.138. The van der Waals surface area contributed by atoms with Crippen molar-refractivity contribution in [3.05, 3.63) is 83.2 Å². The number of halogens is 3. The number of anilines is 2. The van der Waals surface area contributed by atoms with Crippen molar-refractivity contribution in [3.8, 4) is 28.6 Å². The summed E-state index contributed by atoms with van der Waals surface area (Å²) in [7, 11) is 1.81. The summed E-state index contributed by atoms with van der Waals surface area (Å²) in [6, 6.07) is 16.5. The molecule has 0 atom stereocenters. The fourth-order valence-corrected chi connectivity index (χ4v) is 4.73. The lowest BCUT2D eigenvalue weighted by Crippen LogP contribution is -2.23. The molecule has 198 valence electrons. The molecule has 0 spiro atoms. The van der Waals surface area contributed by atoms with E-state index in [0.29, 0.717) is 46.4 Å². The first-order chi connectivity index (χ1) is 18.6. The van der Waals surface area contributed by atoms with E-state index in [2.05, 4.69) is 35.4 Å². The maximum Gasteiger partial charge on any atom is 0.416 e. The van der Waals surface area contributed by atoms with Crippen molar-refractivity contribution in [3.63, 3.8) is 0 Å². The van der Waals surface area contributed by atoms with Gasteiger partial charge in [-0.2, -0.15) is 18.4 Å². The number of alkyl halides is 3. The molecule has 0 unspecified atom stereocenters. The number of nitriles is 1. The molecule has 1 aliphatic rings. The van der Waals surface area contributed by atoms with Crippen LogP contribution in [-0.2, 0) is 19.8 Å². The minimum Gasteiger partial charge on any atom is -0.385 e. The monoisotopic (exact) mass is 530 g/mol. The fraction of sp³-hybridized carbons (Fsp3) is 0.241. The summed E-state index contributed by atoms with van der Waals surface area (Å²) in [5, 5.41) is 21.2. The molecule has 0 aliphatic carbocycles. The van der Waals surface area contributed by atoms with E-state index in [-0.39, 0.29) is 17.7 Å². The van der Waals surface area contributed by atoms with Crippen molar-refractivity contribution in [1.29, 1.82) is 5.26 Å². The zero-order valence-electron chi connectivity index (χ0n) is 21.5. The minimum atomic E-state index is -4.57. The third-order valence-electron chi connectivity index (χ3n) is 6.63. The van der Waals surface area contributed by atoms with E-state index in [9.17, 15) is 23.2 Å². The molecule has 1 aliphatic heterocycles. The summed E-state index contributed by atoms with van der Waals surface area (Å²) in [4.78, 5) is 14.7. The molecule has 3 aromatic carbocycles. The number of aromatic nitrogens is 3. The SMILES string of the molecule is CC(C)CNc1cc(-c2cc(C#N)ccc2-c2nncn2C)cc(N2Cc3c(cccc3C(F)(F)F)C2=O)c1. The number of rotatable bonds is 6. The Kier molecular flexibility index (Phi) is 6.60. The molecule has 0 fully saturated rings. The largest absolute Gasteiger partial charge is 0.416 e. The molecule has 0 bridgehead atoms. The zero-order valence-corrected chi connectivity index (χ0v) is 21.5. The number of aryl methyl sites for hydroxylation is 1. The summed E-state index contributed by atoms with van der Waals surface area (Å²) >= 11 is 0. The van der Waals surface area contributed by atoms with Crippen LogP contribution in [0.5, 0.6) is 0 Å². The predicted molar refractivity (Wildman–Crippen MR) is 142 cm³/mol. The number of amides is 1. The second-order valence-corrected chi connectivity index (χ2v) is 9.90. The number of nitrogens with zero attached hydrogens (tertiary/aromatic N) is 5. The van der Waals surface area contributed by atoms with Crippen LogP contribution in [0, 0.1) is 17.2 Å². The fourth-order valence-electron chi connectivity index (χ4n) is 4.73. The lowest BCUT2D eigenvalue weighted by Gasteiger charge is -2.21. The average molecular weight is 531 g/mol. The van der Waals surface area contributed by atoms with Crippen molar-refractivity contribution < 1.29 is 18.0 Å². The van der Waals surface area contributed by atoms with E-state index >= 15 is 0 Å². The highest BCUT2D eigenvalue weighted by Crippen LogP contribution is 2.41. The minimum absolute atomic E-state index is 0.0386. The molecule has 1 aromatic heterocycles. The molecular weight excluding hydrogens is 505 g/mol. The van der Waals surface area contributed by atoms with Crippen molar-refractivity contribution in [2.24, 2.45) is 13.0 Å². The number of nitrogens with one attached hydrogen (secondary N) is 1. The molecule has 1 N–H and O–H groups in total. The van der Waals surface area contributed by atoms with Gasteiger partial charge in [0, 0.05) is 36.1 Å². The number of hydrogen-bond donors (Lipinski definition) is 1. The number of carbonyl (C=O) groups is 1. The molecule has 7 nitrogen and oxygen atoms in total. The number of hydrogen-bond acceptors (Lipinski definition) is 5. The van der Waals surface area contributed by atoms with Gasteiger partial charge in [-0.15, -0.1) is 10.2 Å². The Morgan fingerprint density at radius 3 is 2.54 bits per heavy atom. The molecule has 0 radical (unpaired) electrons. The number of carbonyl (C=O) groups excluding carboxylic acids is 1. The van der Waals surface area contributed by atoms with E-state index in [1.54, 1.807) is 41.2 Å². The van der Waals surface area contributed by atoms with Crippen molar-refractivity contribution >= 4 is 17.3 Å². The topological polar surface area (TPSA) is 86.8 Å². The summed E-state index contributed by atoms with van der Waals surface area (Å²) in [6.07, 6.45) is -3.00. The highest BCUT2D eigenvalue weighted by atomic mass is 19.4. The highest BCUT2D eigenvalue weighted by molar-refractivity contribution is 6.11. The van der Waals surface area contributed by atoms with E-state index in [1.807, 2.05) is 13.1 Å². The first-order valence-electron chi connectivity index (χ1n) is 12.4. The Bertz CT molecular complexity index is 1620. The van der Waals surface area contributed by atoms with Gasteiger partial charge in [0.2, 0.25) is 0 Å². The van der Waals surface area contributed by atoms with Crippen LogP contribution in [0.4, 0.5) is 24.5 Å². The molecule has 0 saturated carbocycles. The van der Waals surface area contributed by atoms with Gasteiger partial charge in [0.1, 0.15) is 6.33 Å². The molecular formula is C29H25F3N6O. The van der Waals surface area contributed by atoms with Gasteiger partial charge in [-0.3, -0.25) is 4.79 Å². The number of benzene rings is 3. The first kappa shape index (κ1) is 26.0. The second-order valence-electron chi connectivity index (χ2n) is 9.90. The van der Waals surface area contributed by atoms with Crippen molar-refractivity contribution in [2.45, 2.75) is 26.6 Å². The van der Waals surface area contributed by atoms with Gasteiger partial charge in [-0.1, -0.05) is 19.9 Å². The molecule has 2 heterocycles. The van der Waals surface area contributed by atoms with Crippen LogP contribution in [0.1, 0.15) is 40.9 Å². The Labute approximate surface area is 223 Å². The van der Waals surface area contributed by atoms with Gasteiger partial charge >= 0.3 is 6.18 Å². The van der Waals surface area contributed by atoms with Crippen molar-refractivity contribution in [1.82, 2.24) is 14.8 Å². The van der Waals surface area contributed by atoms with Crippen LogP contribution < -0.4 is 10.2 Å². The third kappa shape index (κ3) is 4.95. The smallest absolute Gasteiger partial charge is 0.385 e. The third-order valence-corrected chi connectivity index (χ3v) is 6.63. The van der Waals surface area contributed by atoms with Crippen LogP contribution in [0.25, 0.3) is 22.5 Å². The summed E-state index contributed by atoms with van der Waals surface area (Å²) in [5.41, 5.74) is 2.84. The van der Waals surface area contributed by atoms with Crippen molar-refractivity contribution in [2.75, 3.05) is 16.8 Å². The normalized spacial score (nSPS) is 13.1. The molecule has 0 saturated heterocycles. The standard InChI is InChI=1S/C29H25F3N6O/c1-17(2)14-34-20-10-19(24-9-18(13-33)7-8-22(24)27-36-35-16-37(27)3)11-21(12-20)38-15-25-23(28(38)39)5-4-6-26(25)29(30,31)32/h4-12,16-17,34H,14-15H2,1-3H3. The van der Waals surface area contributed by atoms with Gasteiger partial charge in [0.05, 0.1) is 23.7 Å². The predicted octanol–water partition coefficient (Wildman–Crippen LogP) is 6.27. The maximum absolute atomic E-state index is 13.7. The van der Waals surface area contributed by atoms with Gasteiger partial charge in [-0.25, -0.2) is 0 Å². The Balaban J connectivity index is 1.67. The van der Waals surface area contributed by atoms with Gasteiger partial charge in [0.25, 0.3) is 5.91 Å². The van der Waals surface area contributed by atoms with E-state index in [0.717, 1.165) is 11.6 Å². The van der Waals surface area contributed by atoms with E-state index < -0.39 is 17.6 Å². The zero-order chi connectivity index (χ0) is 27.9. The van der Waals surface area contributed by atoms with Crippen LogP contribution >= 0.6 is 0 Å². The van der Waals surface area contributed by atoms with Crippen LogP contribution in [0.3, 0.4) is 0 Å². The summed E-state index contributed by atoms with van der Waals surface area (Å²) in [6.45, 7) is 4.55. The van der Waals surface area contributed by atoms with Gasteiger partial charge in [-0.05, 0) is 71.1 Å². The molecule has 4 aromatic rings. The quantitative estimate of drug-likeness (QED) is 0.318. The second kappa shape index (κ2) is 9.91. The summed E-state index contributed by atoms with van der Waals surface area (Å²) in [5.74, 6) is 0.402. The Hall–Kier alpha value is -4.65. The molecule has 39 heavy (non-hydrogen) atoms. The van der Waals surface area contributed by atoms with E-state index in [4.69, 9.17) is 0 Å². The molecule has 1 amide bonds. The van der Waals surface area contributed by atoms with E-state index in [1.165, 1.54) is 17.0 Å². The lowest BCUT2D eigenvalue weighted by atomic mass is 9.95. The first-order valence-corrected chi connectivity index (χ1v) is 12.4. The Morgan fingerprint density at radius 1 is 1.08 bits per heavy atom. The van der Waals surface area contributed by atoms with Crippen LogP contribution in [0.15, 0.2) is 60.9 Å².